The summed E-state index contributed by atoms with van der Waals surface area (Å²) in [5, 5.41) is -0.369. The Morgan fingerprint density at radius 1 is 1.33 bits per heavy atom. The molecule has 33 heavy (non-hydrogen) atoms. The number of hydrogen-bond donors (Lipinski definition) is 1. The summed E-state index contributed by atoms with van der Waals surface area (Å²) >= 11 is 5.32. The molecular weight excluding hydrogens is 474 g/mol. The number of aromatic amines is 1. The summed E-state index contributed by atoms with van der Waals surface area (Å²) in [6.45, 7) is 9.93. The molecule has 2 fully saturated rings. The largest absolute Gasteiger partial charge is 0.461 e. The van der Waals surface area contributed by atoms with Gasteiger partial charge in [-0.05, 0) is 30.4 Å². The van der Waals surface area contributed by atoms with E-state index in [0.717, 1.165) is 10.6 Å². The van der Waals surface area contributed by atoms with Gasteiger partial charge in [-0.3, -0.25) is 18.9 Å². The van der Waals surface area contributed by atoms with Crippen LogP contribution in [0, 0.1) is 0 Å². The van der Waals surface area contributed by atoms with Gasteiger partial charge in [-0.25, -0.2) is 18.6 Å². The van der Waals surface area contributed by atoms with Gasteiger partial charge < -0.3 is 13.9 Å². The molecule has 1 N–H and O–H groups in total. The predicted octanol–water partition coefficient (Wildman–Crippen LogP) is 2.65. The van der Waals surface area contributed by atoms with Crippen molar-refractivity contribution >= 4 is 25.7 Å². The van der Waals surface area contributed by atoms with E-state index >= 15 is 0 Å². The summed E-state index contributed by atoms with van der Waals surface area (Å²) in [6, 6.07) is 1.12. The van der Waals surface area contributed by atoms with Crippen LogP contribution in [0.25, 0.3) is 0 Å². The zero-order chi connectivity index (χ0) is 24.4. The molecular formula is C20H26F2N4O5SSi. The zero-order valence-corrected chi connectivity index (χ0v) is 20.7. The van der Waals surface area contributed by atoms with Crippen molar-refractivity contribution in [3.05, 3.63) is 51.8 Å². The molecule has 2 aromatic rings. The number of hydrogen-bond acceptors (Lipinski definition) is 7. The second-order valence-corrected chi connectivity index (χ2v) is 15.0. The Bertz CT molecular complexity index is 1180. The molecule has 4 rings (SSSR count). The van der Waals surface area contributed by atoms with Gasteiger partial charge in [0.1, 0.15) is 12.4 Å². The van der Waals surface area contributed by atoms with E-state index in [1.807, 2.05) is 33.9 Å². The third-order valence-corrected chi connectivity index (χ3v) is 11.4. The van der Waals surface area contributed by atoms with Crippen LogP contribution in [0.5, 0.6) is 0 Å². The highest BCUT2D eigenvalue weighted by Crippen LogP contribution is 2.65. The molecule has 1 saturated carbocycles. The van der Waals surface area contributed by atoms with Crippen LogP contribution >= 0.6 is 12.2 Å². The first kappa shape index (κ1) is 23.9. The highest BCUT2D eigenvalue weighted by Gasteiger charge is 2.83. The van der Waals surface area contributed by atoms with Crippen molar-refractivity contribution < 1.29 is 22.7 Å². The number of rotatable bonds is 4. The summed E-state index contributed by atoms with van der Waals surface area (Å²) in [5.74, 6) is -3.21. The lowest BCUT2D eigenvalue weighted by Crippen LogP contribution is -2.51. The molecule has 1 aliphatic carbocycles. The third kappa shape index (κ3) is 4.00. The lowest BCUT2D eigenvalue weighted by molar-refractivity contribution is -0.0992. The van der Waals surface area contributed by atoms with Crippen molar-refractivity contribution in [1.29, 1.82) is 0 Å². The van der Waals surface area contributed by atoms with Crippen LogP contribution in [0.1, 0.15) is 33.4 Å². The minimum atomic E-state index is -3.21. The van der Waals surface area contributed by atoms with E-state index in [1.54, 1.807) is 0 Å². The van der Waals surface area contributed by atoms with E-state index in [0.29, 0.717) is 0 Å². The maximum Gasteiger partial charge on any atom is 0.330 e. The molecule has 0 amide bonds. The molecule has 0 aromatic carbocycles. The second kappa shape index (κ2) is 7.65. The molecule has 0 radical (unpaired) electrons. The number of nitrogens with zero attached hydrogens (tertiary/aromatic N) is 3. The topological polar surface area (TPSA) is 100 Å². The molecule has 1 spiro atoms. The Kier molecular flexibility index (Phi) is 5.54. The molecule has 2 aromatic heterocycles. The second-order valence-electron chi connectivity index (χ2n) is 9.91. The normalized spacial score (nSPS) is 28.8. The van der Waals surface area contributed by atoms with Gasteiger partial charge in [0.15, 0.2) is 26.3 Å². The van der Waals surface area contributed by atoms with Gasteiger partial charge >= 0.3 is 5.69 Å². The van der Waals surface area contributed by atoms with Gasteiger partial charge in [0, 0.05) is 24.7 Å². The molecule has 180 valence electrons. The van der Waals surface area contributed by atoms with Gasteiger partial charge in [0.2, 0.25) is 0 Å². The van der Waals surface area contributed by atoms with Crippen LogP contribution in [0.4, 0.5) is 8.78 Å². The third-order valence-electron chi connectivity index (χ3n) is 6.65. The molecule has 9 nitrogen and oxygen atoms in total. The van der Waals surface area contributed by atoms with Crippen molar-refractivity contribution in [1.82, 2.24) is 19.1 Å². The van der Waals surface area contributed by atoms with E-state index in [2.05, 4.69) is 9.97 Å². The molecule has 1 aliphatic heterocycles. The molecule has 2 aliphatic rings. The van der Waals surface area contributed by atoms with Crippen molar-refractivity contribution in [2.24, 2.45) is 0 Å². The summed E-state index contributed by atoms with van der Waals surface area (Å²) in [6.07, 6.45) is 1.35. The summed E-state index contributed by atoms with van der Waals surface area (Å²) < 4.78 is 50.3. The van der Waals surface area contributed by atoms with Gasteiger partial charge in [-0.2, -0.15) is 0 Å². The minimum Gasteiger partial charge on any atom is -0.461 e. The predicted molar refractivity (Wildman–Crippen MR) is 121 cm³/mol. The number of halogens is 2. The number of alkyl halides is 2. The Balaban J connectivity index is 1.80. The fraction of sp³-hybridized carbons (Fsp3) is 0.600. The van der Waals surface area contributed by atoms with Crippen LogP contribution < -0.4 is 11.2 Å². The average molecular weight is 501 g/mol. The van der Waals surface area contributed by atoms with E-state index in [1.165, 1.54) is 29.5 Å². The lowest BCUT2D eigenvalue weighted by Gasteiger charge is -2.40. The van der Waals surface area contributed by atoms with Gasteiger partial charge in [-0.1, -0.05) is 20.8 Å². The lowest BCUT2D eigenvalue weighted by atomic mass is 10.1. The molecule has 3 heterocycles. The molecule has 0 bridgehead atoms. The monoisotopic (exact) mass is 500 g/mol. The van der Waals surface area contributed by atoms with Crippen LogP contribution in [0.3, 0.4) is 0 Å². The minimum absolute atomic E-state index is 0.0959. The smallest absolute Gasteiger partial charge is 0.330 e. The first-order valence-electron chi connectivity index (χ1n) is 10.4. The van der Waals surface area contributed by atoms with Gasteiger partial charge in [0.05, 0.1) is 6.42 Å². The Morgan fingerprint density at radius 2 is 2.00 bits per heavy atom. The van der Waals surface area contributed by atoms with Crippen LogP contribution in [0.2, 0.25) is 18.1 Å². The van der Waals surface area contributed by atoms with E-state index < -0.39 is 55.9 Å². The number of nitrogens with one attached hydrogen (secondary N) is 1. The Hall–Kier alpha value is -2.22. The van der Waals surface area contributed by atoms with Crippen molar-refractivity contribution in [3.8, 4) is 0 Å². The van der Waals surface area contributed by atoms with Crippen LogP contribution in [0.15, 0.2) is 40.6 Å². The molecule has 0 unspecified atom stereocenters. The summed E-state index contributed by atoms with van der Waals surface area (Å²) in [4.78, 5) is 30.2. The van der Waals surface area contributed by atoms with Crippen LogP contribution in [-0.4, -0.2) is 56.3 Å². The standard InChI is InChI=1S/C20H26F2N4O5SSi/c1-18(2,3)33(4,5)31-13-14(29-17(32)25-9-7-23-11-25)19(10-20(19,21)22)30-15(13)26-8-6-12(27)24-16(26)28/h6-9,11,13-15H,10H2,1-5H3,(H,24,27,28)/t13-,14+,15-,19+/m1/s1. The maximum absolute atomic E-state index is 14.8. The average Bonchev–Trinajstić information content (AvgIpc) is 3.06. The van der Waals surface area contributed by atoms with Gasteiger partial charge in [0.25, 0.3) is 16.7 Å². The SMILES string of the molecule is CC(C)(C)[Si](C)(C)O[C@H]1[C@H](n2ccc(=O)[nH]c2=O)O[C@@]2(CC2(F)F)[C@H]1OC(=S)n1ccnc1. The summed E-state index contributed by atoms with van der Waals surface area (Å²) in [5.41, 5.74) is -3.43. The Labute approximate surface area is 194 Å². The van der Waals surface area contributed by atoms with Crippen molar-refractivity contribution in [2.45, 2.75) is 75.3 Å². The van der Waals surface area contributed by atoms with Gasteiger partial charge in [-0.15, -0.1) is 0 Å². The highest BCUT2D eigenvalue weighted by molar-refractivity contribution is 7.80. The fourth-order valence-electron chi connectivity index (χ4n) is 3.67. The summed E-state index contributed by atoms with van der Waals surface area (Å²) in [7, 11) is -2.57. The number of imidazole rings is 1. The fourth-order valence-corrected chi connectivity index (χ4v) is 5.15. The highest BCUT2D eigenvalue weighted by atomic mass is 32.1. The van der Waals surface area contributed by atoms with E-state index in [-0.39, 0.29) is 10.2 Å². The zero-order valence-electron chi connectivity index (χ0n) is 18.9. The maximum atomic E-state index is 14.8. The van der Waals surface area contributed by atoms with Crippen LogP contribution in [-0.2, 0) is 13.9 Å². The number of aromatic nitrogens is 4. The number of H-pyrrole nitrogens is 1. The van der Waals surface area contributed by atoms with E-state index in [4.69, 9.17) is 26.1 Å². The van der Waals surface area contributed by atoms with Crippen molar-refractivity contribution in [3.63, 3.8) is 0 Å². The quantitative estimate of drug-likeness (QED) is 0.509. The first-order valence-corrected chi connectivity index (χ1v) is 13.7. The van der Waals surface area contributed by atoms with Crippen molar-refractivity contribution in [2.75, 3.05) is 0 Å². The first-order chi connectivity index (χ1) is 15.2. The van der Waals surface area contributed by atoms with E-state index in [9.17, 15) is 18.4 Å². The molecule has 4 atom stereocenters. The number of thiocarbonyl (C=S) groups is 1. The molecule has 1 saturated heterocycles. The molecule has 13 heteroatoms. The number of ether oxygens (including phenoxy) is 2. The Morgan fingerprint density at radius 3 is 2.52 bits per heavy atom.